The molecule has 1 fully saturated rings. The summed E-state index contributed by atoms with van der Waals surface area (Å²) in [4.78, 5) is 39.3. The van der Waals surface area contributed by atoms with Crippen LogP contribution in [0.2, 0.25) is 0 Å². The molecule has 2 aromatic rings. The zero-order valence-corrected chi connectivity index (χ0v) is 18.4. The molecule has 2 aromatic carbocycles. The van der Waals surface area contributed by atoms with Crippen LogP contribution in [-0.4, -0.2) is 52.4 Å². The second-order valence-electron chi connectivity index (χ2n) is 7.07. The van der Waals surface area contributed by atoms with Crippen LogP contribution >= 0.6 is 12.2 Å². The Morgan fingerprint density at radius 2 is 1.75 bits per heavy atom. The lowest BCUT2D eigenvalue weighted by Crippen LogP contribution is -2.50. The molecule has 0 aliphatic carbocycles. The number of hydrogen-bond donors (Lipinski definition) is 2. The highest BCUT2D eigenvalue weighted by Gasteiger charge is 2.43. The van der Waals surface area contributed by atoms with Crippen LogP contribution in [0.15, 0.2) is 48.5 Å². The first-order valence-corrected chi connectivity index (χ1v) is 10.4. The van der Waals surface area contributed by atoms with Crippen LogP contribution in [0.1, 0.15) is 18.9 Å². The van der Waals surface area contributed by atoms with Gasteiger partial charge >= 0.3 is 0 Å². The van der Waals surface area contributed by atoms with Crippen LogP contribution in [0.3, 0.4) is 0 Å². The molecule has 0 radical (unpaired) electrons. The van der Waals surface area contributed by atoms with Gasteiger partial charge in [-0.1, -0.05) is 12.1 Å². The molecule has 2 N–H and O–H groups in total. The molecule has 0 bridgehead atoms. The molecule has 1 aliphatic heterocycles. The molecule has 3 amide bonds. The Kier molecular flexibility index (Phi) is 7.37. The zero-order chi connectivity index (χ0) is 23.3. The van der Waals surface area contributed by atoms with E-state index >= 15 is 0 Å². The molecule has 1 atom stereocenters. The number of methoxy groups -OCH3 is 1. The molecular formula is C22H23FN4O4S. The van der Waals surface area contributed by atoms with Gasteiger partial charge < -0.3 is 10.1 Å². The zero-order valence-electron chi connectivity index (χ0n) is 17.6. The quantitative estimate of drug-likeness (QED) is 0.590. The number of likely N-dealkylation sites (N-methyl/N-ethyl adjacent to an activating group) is 1. The Morgan fingerprint density at radius 1 is 1.09 bits per heavy atom. The van der Waals surface area contributed by atoms with Crippen molar-refractivity contribution in [2.24, 2.45) is 0 Å². The van der Waals surface area contributed by atoms with Crippen LogP contribution in [0.5, 0.6) is 5.75 Å². The number of hydrazine groups is 1. The van der Waals surface area contributed by atoms with Gasteiger partial charge in [0.1, 0.15) is 17.6 Å². The van der Waals surface area contributed by atoms with E-state index in [1.807, 2.05) is 0 Å². The maximum absolute atomic E-state index is 13.1. The lowest BCUT2D eigenvalue weighted by atomic mass is 10.1. The third-order valence-corrected chi connectivity index (χ3v) is 5.31. The van der Waals surface area contributed by atoms with E-state index in [4.69, 9.17) is 17.0 Å². The predicted octanol–water partition coefficient (Wildman–Crippen LogP) is 2.25. The van der Waals surface area contributed by atoms with E-state index in [-0.39, 0.29) is 29.8 Å². The summed E-state index contributed by atoms with van der Waals surface area (Å²) in [6, 6.07) is 11.3. The average molecular weight is 459 g/mol. The molecule has 32 heavy (non-hydrogen) atoms. The lowest BCUT2D eigenvalue weighted by molar-refractivity contribution is -0.132. The number of halogens is 1. The summed E-state index contributed by atoms with van der Waals surface area (Å²) in [7, 11) is 1.55. The maximum Gasteiger partial charge on any atom is 0.254 e. The first-order valence-electron chi connectivity index (χ1n) is 9.94. The Balaban J connectivity index is 1.68. The maximum atomic E-state index is 13.1. The average Bonchev–Trinajstić information content (AvgIpc) is 2.99. The summed E-state index contributed by atoms with van der Waals surface area (Å²) >= 11 is 5.35. The van der Waals surface area contributed by atoms with E-state index in [0.717, 1.165) is 5.56 Å². The molecule has 0 spiro atoms. The number of amides is 3. The fourth-order valence-corrected chi connectivity index (χ4v) is 3.66. The van der Waals surface area contributed by atoms with Crippen molar-refractivity contribution in [1.82, 2.24) is 15.3 Å². The summed E-state index contributed by atoms with van der Waals surface area (Å²) in [6.07, 6.45) is -0.187. The molecule has 168 valence electrons. The first kappa shape index (κ1) is 23.1. The van der Waals surface area contributed by atoms with Crippen molar-refractivity contribution in [2.75, 3.05) is 19.0 Å². The number of nitrogens with zero attached hydrogens (tertiary/aromatic N) is 2. The molecule has 3 rings (SSSR count). The summed E-state index contributed by atoms with van der Waals surface area (Å²) in [6.45, 7) is 2.06. The minimum Gasteiger partial charge on any atom is -0.497 e. The van der Waals surface area contributed by atoms with Crippen LogP contribution in [0, 0.1) is 5.82 Å². The van der Waals surface area contributed by atoms with E-state index < -0.39 is 17.8 Å². The second kappa shape index (κ2) is 10.2. The molecule has 8 nitrogen and oxygen atoms in total. The smallest absolute Gasteiger partial charge is 0.254 e. The Bertz CT molecular complexity index is 1010. The SMILES string of the molecule is CCN1C(=O)C(CC(=O)Nc2ccc(F)cc2)N(NC(=O)Cc2ccc(OC)cc2)C1=S. The molecule has 1 unspecified atom stereocenters. The highest BCUT2D eigenvalue weighted by molar-refractivity contribution is 7.80. The number of nitrogens with one attached hydrogen (secondary N) is 2. The van der Waals surface area contributed by atoms with Crippen molar-refractivity contribution in [3.8, 4) is 5.75 Å². The van der Waals surface area contributed by atoms with Crippen LogP contribution < -0.4 is 15.5 Å². The minimum atomic E-state index is -0.984. The minimum absolute atomic E-state index is 0.0535. The molecule has 10 heteroatoms. The van der Waals surface area contributed by atoms with Gasteiger partial charge in [0.25, 0.3) is 5.91 Å². The van der Waals surface area contributed by atoms with Crippen molar-refractivity contribution in [2.45, 2.75) is 25.8 Å². The third kappa shape index (κ3) is 5.38. The Hall–Kier alpha value is -3.53. The van der Waals surface area contributed by atoms with Crippen LogP contribution in [-0.2, 0) is 20.8 Å². The van der Waals surface area contributed by atoms with E-state index in [0.29, 0.717) is 18.0 Å². The summed E-state index contributed by atoms with van der Waals surface area (Å²) < 4.78 is 18.2. The van der Waals surface area contributed by atoms with Gasteiger partial charge in [0.05, 0.1) is 20.0 Å². The normalized spacial score (nSPS) is 15.7. The Morgan fingerprint density at radius 3 is 2.34 bits per heavy atom. The lowest BCUT2D eigenvalue weighted by Gasteiger charge is -2.24. The fourth-order valence-electron chi connectivity index (χ4n) is 3.27. The van der Waals surface area contributed by atoms with Gasteiger partial charge in [-0.05, 0) is 61.1 Å². The van der Waals surface area contributed by atoms with Gasteiger partial charge in [0.15, 0.2) is 5.11 Å². The van der Waals surface area contributed by atoms with Gasteiger partial charge in [-0.3, -0.25) is 24.7 Å². The largest absolute Gasteiger partial charge is 0.497 e. The number of anilines is 1. The summed E-state index contributed by atoms with van der Waals surface area (Å²) in [5, 5.41) is 4.00. The van der Waals surface area contributed by atoms with Gasteiger partial charge in [-0.15, -0.1) is 0 Å². The van der Waals surface area contributed by atoms with Crippen molar-refractivity contribution in [3.63, 3.8) is 0 Å². The van der Waals surface area contributed by atoms with Crippen molar-refractivity contribution < 1.29 is 23.5 Å². The standard InChI is InChI=1S/C22H23FN4O4S/c1-3-26-21(30)18(13-19(28)24-16-8-6-15(23)7-9-16)27(22(26)32)25-20(29)12-14-4-10-17(31-2)11-5-14/h4-11,18H,3,12-13H2,1-2H3,(H,24,28)(H,25,29). The molecular weight excluding hydrogens is 435 g/mol. The second-order valence-corrected chi connectivity index (χ2v) is 7.44. The Labute approximate surface area is 190 Å². The van der Waals surface area contributed by atoms with Crippen molar-refractivity contribution in [3.05, 3.63) is 59.9 Å². The summed E-state index contributed by atoms with van der Waals surface area (Å²) in [5.41, 5.74) is 3.80. The number of benzene rings is 2. The van der Waals surface area contributed by atoms with Crippen molar-refractivity contribution in [1.29, 1.82) is 0 Å². The number of carbonyl (C=O) groups is 3. The summed E-state index contributed by atoms with van der Waals surface area (Å²) in [5.74, 6) is -0.983. The topological polar surface area (TPSA) is 91.0 Å². The van der Waals surface area contributed by atoms with Crippen LogP contribution in [0.25, 0.3) is 0 Å². The van der Waals surface area contributed by atoms with Gasteiger partial charge in [0.2, 0.25) is 11.8 Å². The van der Waals surface area contributed by atoms with Gasteiger partial charge in [-0.25, -0.2) is 9.40 Å². The van der Waals surface area contributed by atoms with E-state index in [9.17, 15) is 18.8 Å². The number of ether oxygens (including phenoxy) is 1. The fraction of sp³-hybridized carbons (Fsp3) is 0.273. The number of rotatable bonds is 8. The van der Waals surface area contributed by atoms with Crippen molar-refractivity contribution >= 4 is 40.7 Å². The highest BCUT2D eigenvalue weighted by atomic mass is 32.1. The molecule has 0 aromatic heterocycles. The molecule has 1 aliphatic rings. The van der Waals surface area contributed by atoms with E-state index in [2.05, 4.69) is 10.7 Å². The van der Waals surface area contributed by atoms with E-state index in [1.54, 1.807) is 38.3 Å². The number of carbonyl (C=O) groups excluding carboxylic acids is 3. The monoisotopic (exact) mass is 458 g/mol. The van der Waals surface area contributed by atoms with Gasteiger partial charge in [0, 0.05) is 12.2 Å². The number of hydrogen-bond acceptors (Lipinski definition) is 5. The molecule has 1 saturated heterocycles. The van der Waals surface area contributed by atoms with E-state index in [1.165, 1.54) is 34.2 Å². The van der Waals surface area contributed by atoms with Crippen LogP contribution in [0.4, 0.5) is 10.1 Å². The highest BCUT2D eigenvalue weighted by Crippen LogP contribution is 2.20. The number of thiocarbonyl (C=S) groups is 1. The predicted molar refractivity (Wildman–Crippen MR) is 120 cm³/mol. The molecule has 0 saturated carbocycles. The third-order valence-electron chi connectivity index (χ3n) is 4.89. The first-order chi connectivity index (χ1) is 15.3. The van der Waals surface area contributed by atoms with Gasteiger partial charge in [-0.2, -0.15) is 0 Å². The molecule has 1 heterocycles.